The Labute approximate surface area is 80.0 Å². The highest BCUT2D eigenvalue weighted by atomic mass is 16.5. The van der Waals surface area contributed by atoms with Crippen molar-refractivity contribution >= 4 is 5.91 Å². The van der Waals surface area contributed by atoms with Gasteiger partial charge in [0.05, 0.1) is 6.61 Å². The largest absolute Gasteiger partial charge is 0.380 e. The van der Waals surface area contributed by atoms with Crippen molar-refractivity contribution in [3.05, 3.63) is 0 Å². The molecule has 0 saturated heterocycles. The third kappa shape index (κ3) is 6.54. The van der Waals surface area contributed by atoms with Crippen molar-refractivity contribution in [3.8, 4) is 0 Å². The molecule has 0 aromatic heterocycles. The first-order valence-corrected chi connectivity index (χ1v) is 4.65. The molecular formula is C9H20N2O2. The van der Waals surface area contributed by atoms with Crippen LogP contribution in [0.3, 0.4) is 0 Å². The molecule has 0 bridgehead atoms. The summed E-state index contributed by atoms with van der Waals surface area (Å²) in [5, 5.41) is 0. The van der Waals surface area contributed by atoms with Gasteiger partial charge in [0, 0.05) is 32.7 Å². The van der Waals surface area contributed by atoms with E-state index in [1.54, 1.807) is 11.9 Å². The van der Waals surface area contributed by atoms with E-state index in [9.17, 15) is 4.79 Å². The lowest BCUT2D eigenvalue weighted by molar-refractivity contribution is -0.130. The van der Waals surface area contributed by atoms with Crippen LogP contribution in [-0.2, 0) is 9.53 Å². The Kier molecular flexibility index (Phi) is 6.54. The van der Waals surface area contributed by atoms with Crippen molar-refractivity contribution in [1.82, 2.24) is 4.90 Å². The van der Waals surface area contributed by atoms with Crippen LogP contribution >= 0.6 is 0 Å². The van der Waals surface area contributed by atoms with Gasteiger partial charge in [0.15, 0.2) is 0 Å². The van der Waals surface area contributed by atoms with Gasteiger partial charge in [-0.15, -0.1) is 0 Å². The molecule has 0 heterocycles. The Morgan fingerprint density at radius 1 is 1.62 bits per heavy atom. The molecule has 0 rings (SSSR count). The van der Waals surface area contributed by atoms with E-state index in [0.717, 1.165) is 0 Å². The van der Waals surface area contributed by atoms with E-state index in [1.165, 1.54) is 0 Å². The number of carbonyl (C=O) groups excluding carboxylic acids is 1. The van der Waals surface area contributed by atoms with Crippen LogP contribution in [0.15, 0.2) is 0 Å². The van der Waals surface area contributed by atoms with Crippen LogP contribution in [0.4, 0.5) is 0 Å². The average Bonchev–Trinajstić information content (AvgIpc) is 2.03. The van der Waals surface area contributed by atoms with E-state index in [4.69, 9.17) is 10.5 Å². The normalized spacial score (nSPS) is 12.6. The number of amides is 1. The number of hydrogen-bond donors (Lipinski definition) is 1. The fourth-order valence-electron chi connectivity index (χ4n) is 0.902. The van der Waals surface area contributed by atoms with Gasteiger partial charge in [0.1, 0.15) is 0 Å². The molecule has 0 aromatic rings. The highest BCUT2D eigenvalue weighted by Gasteiger charge is 2.09. The number of ether oxygens (including phenoxy) is 1. The topological polar surface area (TPSA) is 55.6 Å². The number of nitrogens with two attached hydrogens (primary N) is 1. The lowest BCUT2D eigenvalue weighted by Crippen LogP contribution is -2.34. The summed E-state index contributed by atoms with van der Waals surface area (Å²) < 4.78 is 5.13. The monoisotopic (exact) mass is 188 g/mol. The predicted octanol–water partition coefficient (Wildman–Crippen LogP) is 0.219. The van der Waals surface area contributed by atoms with Crippen LogP contribution in [0.1, 0.15) is 20.3 Å². The van der Waals surface area contributed by atoms with Gasteiger partial charge in [0.25, 0.3) is 0 Å². The number of carbonyl (C=O) groups is 1. The maximum absolute atomic E-state index is 11.3. The van der Waals surface area contributed by atoms with Gasteiger partial charge in [0.2, 0.25) is 5.91 Å². The minimum atomic E-state index is -0.0676. The molecule has 0 spiro atoms. The van der Waals surface area contributed by atoms with Gasteiger partial charge >= 0.3 is 0 Å². The van der Waals surface area contributed by atoms with Crippen molar-refractivity contribution in [2.24, 2.45) is 5.73 Å². The Hall–Kier alpha value is -0.610. The summed E-state index contributed by atoms with van der Waals surface area (Å²) in [5.41, 5.74) is 5.51. The molecule has 0 aliphatic carbocycles. The molecule has 1 amide bonds. The molecule has 78 valence electrons. The average molecular weight is 188 g/mol. The predicted molar refractivity (Wildman–Crippen MR) is 52.4 cm³/mol. The summed E-state index contributed by atoms with van der Waals surface area (Å²) >= 11 is 0. The second-order valence-electron chi connectivity index (χ2n) is 3.19. The number of nitrogens with zero attached hydrogens (tertiary/aromatic N) is 1. The molecule has 2 N–H and O–H groups in total. The SMILES string of the molecule is CCOCCN(C)C(=O)CC(C)N. The fourth-order valence-corrected chi connectivity index (χ4v) is 0.902. The molecule has 0 fully saturated rings. The van der Waals surface area contributed by atoms with Crippen molar-refractivity contribution < 1.29 is 9.53 Å². The molecule has 0 aromatic carbocycles. The van der Waals surface area contributed by atoms with E-state index in [1.807, 2.05) is 13.8 Å². The minimum Gasteiger partial charge on any atom is -0.380 e. The van der Waals surface area contributed by atoms with E-state index in [0.29, 0.717) is 26.2 Å². The molecule has 0 saturated carbocycles. The van der Waals surface area contributed by atoms with Crippen LogP contribution < -0.4 is 5.73 Å². The summed E-state index contributed by atoms with van der Waals surface area (Å²) in [6, 6.07) is -0.0676. The number of likely N-dealkylation sites (N-methyl/N-ethyl adjacent to an activating group) is 1. The zero-order valence-corrected chi connectivity index (χ0v) is 8.75. The van der Waals surface area contributed by atoms with Crippen molar-refractivity contribution in [2.75, 3.05) is 26.8 Å². The molecular weight excluding hydrogens is 168 g/mol. The molecule has 1 unspecified atom stereocenters. The first-order chi connectivity index (χ1) is 6.07. The summed E-state index contributed by atoms with van der Waals surface area (Å²) in [6.45, 7) is 5.68. The Morgan fingerprint density at radius 3 is 2.69 bits per heavy atom. The van der Waals surface area contributed by atoms with E-state index in [-0.39, 0.29) is 11.9 Å². The molecule has 0 aliphatic rings. The second-order valence-corrected chi connectivity index (χ2v) is 3.19. The first kappa shape index (κ1) is 12.4. The van der Waals surface area contributed by atoms with Crippen LogP contribution in [0.5, 0.6) is 0 Å². The summed E-state index contributed by atoms with van der Waals surface area (Å²) in [4.78, 5) is 13.0. The van der Waals surface area contributed by atoms with Crippen LogP contribution in [0.2, 0.25) is 0 Å². The molecule has 13 heavy (non-hydrogen) atoms. The molecule has 0 aliphatic heterocycles. The second kappa shape index (κ2) is 6.86. The van der Waals surface area contributed by atoms with Crippen molar-refractivity contribution in [2.45, 2.75) is 26.3 Å². The van der Waals surface area contributed by atoms with Crippen LogP contribution in [0, 0.1) is 0 Å². The zero-order valence-electron chi connectivity index (χ0n) is 8.75. The van der Waals surface area contributed by atoms with Crippen LogP contribution in [0.25, 0.3) is 0 Å². The van der Waals surface area contributed by atoms with Gasteiger partial charge in [-0.05, 0) is 13.8 Å². The lowest BCUT2D eigenvalue weighted by atomic mass is 10.2. The highest BCUT2D eigenvalue weighted by molar-refractivity contribution is 5.76. The Morgan fingerprint density at radius 2 is 2.23 bits per heavy atom. The lowest BCUT2D eigenvalue weighted by Gasteiger charge is -2.17. The summed E-state index contributed by atoms with van der Waals surface area (Å²) in [7, 11) is 1.77. The van der Waals surface area contributed by atoms with Gasteiger partial charge in [-0.3, -0.25) is 4.79 Å². The smallest absolute Gasteiger partial charge is 0.223 e. The Balaban J connectivity index is 3.57. The summed E-state index contributed by atoms with van der Waals surface area (Å²) in [5.74, 6) is 0.0784. The zero-order chi connectivity index (χ0) is 10.3. The Bertz CT molecular complexity index is 149. The fraction of sp³-hybridized carbons (Fsp3) is 0.889. The van der Waals surface area contributed by atoms with Crippen molar-refractivity contribution in [3.63, 3.8) is 0 Å². The molecule has 4 heteroatoms. The quantitative estimate of drug-likeness (QED) is 0.607. The summed E-state index contributed by atoms with van der Waals surface area (Å²) in [6.07, 6.45) is 0.405. The third-order valence-electron chi connectivity index (χ3n) is 1.70. The number of hydrogen-bond acceptors (Lipinski definition) is 3. The molecule has 1 atom stereocenters. The maximum Gasteiger partial charge on any atom is 0.223 e. The standard InChI is InChI=1S/C9H20N2O2/c1-4-13-6-5-11(3)9(12)7-8(2)10/h8H,4-7,10H2,1-3H3. The first-order valence-electron chi connectivity index (χ1n) is 4.65. The molecule has 4 nitrogen and oxygen atoms in total. The van der Waals surface area contributed by atoms with Crippen LogP contribution in [-0.4, -0.2) is 43.7 Å². The van der Waals surface area contributed by atoms with Gasteiger partial charge in [-0.2, -0.15) is 0 Å². The third-order valence-corrected chi connectivity index (χ3v) is 1.70. The van der Waals surface area contributed by atoms with Crippen molar-refractivity contribution in [1.29, 1.82) is 0 Å². The number of rotatable bonds is 6. The van der Waals surface area contributed by atoms with Gasteiger partial charge in [-0.25, -0.2) is 0 Å². The van der Waals surface area contributed by atoms with E-state index in [2.05, 4.69) is 0 Å². The maximum atomic E-state index is 11.3. The van der Waals surface area contributed by atoms with Gasteiger partial charge < -0.3 is 15.4 Å². The van der Waals surface area contributed by atoms with E-state index < -0.39 is 0 Å². The van der Waals surface area contributed by atoms with Gasteiger partial charge in [-0.1, -0.05) is 0 Å². The minimum absolute atomic E-state index is 0.0676. The molecule has 0 radical (unpaired) electrons. The van der Waals surface area contributed by atoms with E-state index >= 15 is 0 Å². The highest BCUT2D eigenvalue weighted by Crippen LogP contribution is 1.93.